The molecule has 0 fully saturated rings. The summed E-state index contributed by atoms with van der Waals surface area (Å²) in [4.78, 5) is 27.0. The van der Waals surface area contributed by atoms with Crippen molar-refractivity contribution in [2.75, 3.05) is 21.3 Å². The Kier molecular flexibility index (Phi) is 8.39. The highest BCUT2D eigenvalue weighted by Crippen LogP contribution is 2.25. The first kappa shape index (κ1) is 23.2. The summed E-state index contributed by atoms with van der Waals surface area (Å²) >= 11 is 0. The van der Waals surface area contributed by atoms with Crippen LogP contribution in [0, 0.1) is 0 Å². The minimum absolute atomic E-state index is 0.0664. The maximum atomic E-state index is 12.0. The number of carbonyl (C=O) groups is 2. The fourth-order valence-corrected chi connectivity index (χ4v) is 2.58. The number of ether oxygens (including phenoxy) is 3. The fraction of sp³-hybridized carbons (Fsp3) is 0.174. The number of phenols is 2. The number of aromatic nitrogens is 1. The van der Waals surface area contributed by atoms with Crippen molar-refractivity contribution in [1.29, 1.82) is 0 Å². The van der Waals surface area contributed by atoms with E-state index >= 15 is 0 Å². The second kappa shape index (κ2) is 11.2. The molecular formula is C23H23NO7. The molecule has 0 saturated heterocycles. The predicted molar refractivity (Wildman–Crippen MR) is 113 cm³/mol. The van der Waals surface area contributed by atoms with Gasteiger partial charge in [0.1, 0.15) is 28.6 Å². The molecule has 0 amide bonds. The van der Waals surface area contributed by atoms with Crippen LogP contribution in [-0.2, 0) is 11.2 Å². The molecule has 2 N–H and O–H groups in total. The molecule has 0 radical (unpaired) electrons. The van der Waals surface area contributed by atoms with Crippen LogP contribution in [0.15, 0.2) is 60.9 Å². The zero-order valence-electron chi connectivity index (χ0n) is 17.4. The molecule has 8 heteroatoms. The highest BCUT2D eigenvalue weighted by atomic mass is 16.5. The Morgan fingerprint density at radius 3 is 1.90 bits per heavy atom. The monoisotopic (exact) mass is 425 g/mol. The summed E-state index contributed by atoms with van der Waals surface area (Å²) in [5, 5.41) is 19.1. The summed E-state index contributed by atoms with van der Waals surface area (Å²) in [6, 6.07) is 12.6. The first-order valence-corrected chi connectivity index (χ1v) is 9.14. The van der Waals surface area contributed by atoms with Crippen molar-refractivity contribution in [3.05, 3.63) is 77.6 Å². The molecule has 31 heavy (non-hydrogen) atoms. The van der Waals surface area contributed by atoms with E-state index in [4.69, 9.17) is 9.47 Å². The summed E-state index contributed by atoms with van der Waals surface area (Å²) in [7, 11) is 4.24. The Labute approximate surface area is 179 Å². The van der Waals surface area contributed by atoms with Crippen LogP contribution in [-0.4, -0.2) is 48.3 Å². The first-order chi connectivity index (χ1) is 14.9. The van der Waals surface area contributed by atoms with Crippen LogP contribution < -0.4 is 9.47 Å². The van der Waals surface area contributed by atoms with E-state index in [1.54, 1.807) is 36.7 Å². The average Bonchev–Trinajstić information content (AvgIpc) is 2.79. The van der Waals surface area contributed by atoms with Crippen LogP contribution in [0.25, 0.3) is 0 Å². The number of phenolic OH excluding ortho intramolecular Hbond substituents is 2. The van der Waals surface area contributed by atoms with Crippen LogP contribution in [0.2, 0.25) is 0 Å². The summed E-state index contributed by atoms with van der Waals surface area (Å²) in [6.45, 7) is 0. The van der Waals surface area contributed by atoms with Crippen molar-refractivity contribution in [3.63, 3.8) is 0 Å². The molecular weight excluding hydrogens is 402 g/mol. The maximum absolute atomic E-state index is 12.0. The lowest BCUT2D eigenvalue weighted by Gasteiger charge is -2.06. The van der Waals surface area contributed by atoms with Crippen molar-refractivity contribution in [1.82, 2.24) is 4.98 Å². The van der Waals surface area contributed by atoms with Crippen molar-refractivity contribution in [2.24, 2.45) is 0 Å². The van der Waals surface area contributed by atoms with E-state index in [-0.39, 0.29) is 29.3 Å². The average molecular weight is 425 g/mol. The Bertz CT molecular complexity index is 1040. The van der Waals surface area contributed by atoms with E-state index in [2.05, 4.69) is 9.72 Å². The Morgan fingerprint density at radius 1 is 0.871 bits per heavy atom. The molecule has 2 aromatic carbocycles. The number of esters is 1. The summed E-state index contributed by atoms with van der Waals surface area (Å²) in [6.07, 6.45) is 3.50. The van der Waals surface area contributed by atoms with Gasteiger partial charge in [0.15, 0.2) is 5.78 Å². The van der Waals surface area contributed by atoms with Gasteiger partial charge in [-0.1, -0.05) is 6.07 Å². The number of hydrogen-bond acceptors (Lipinski definition) is 8. The van der Waals surface area contributed by atoms with Gasteiger partial charge >= 0.3 is 5.97 Å². The smallest absolute Gasteiger partial charge is 0.341 e. The molecule has 3 aromatic rings. The third kappa shape index (κ3) is 6.46. The maximum Gasteiger partial charge on any atom is 0.341 e. The van der Waals surface area contributed by atoms with Gasteiger partial charge in [-0.2, -0.15) is 0 Å². The van der Waals surface area contributed by atoms with Crippen molar-refractivity contribution < 1.29 is 34.0 Å². The molecule has 162 valence electrons. The van der Waals surface area contributed by atoms with E-state index in [1.807, 2.05) is 6.07 Å². The van der Waals surface area contributed by atoms with E-state index in [1.165, 1.54) is 39.5 Å². The molecule has 1 aromatic heterocycles. The van der Waals surface area contributed by atoms with Gasteiger partial charge in [0, 0.05) is 30.9 Å². The summed E-state index contributed by atoms with van der Waals surface area (Å²) < 4.78 is 14.3. The number of nitrogens with zero attached hydrogens (tertiary/aromatic N) is 1. The van der Waals surface area contributed by atoms with E-state index in [0.29, 0.717) is 17.1 Å². The van der Waals surface area contributed by atoms with Crippen LogP contribution in [0.3, 0.4) is 0 Å². The van der Waals surface area contributed by atoms with Gasteiger partial charge in [-0.25, -0.2) is 4.79 Å². The normalized spacial score (nSPS) is 9.77. The third-order valence-corrected chi connectivity index (χ3v) is 4.20. The van der Waals surface area contributed by atoms with Gasteiger partial charge in [-0.05, 0) is 35.9 Å². The molecule has 0 aliphatic heterocycles. The quantitative estimate of drug-likeness (QED) is 0.456. The molecule has 0 atom stereocenters. The second-order valence-corrected chi connectivity index (χ2v) is 6.22. The van der Waals surface area contributed by atoms with Gasteiger partial charge in [0.05, 0.1) is 26.9 Å². The number of aromatic hydroxyl groups is 2. The standard InChI is InChI=1S/C14H13NO3.C9H10O4/c1-18-11-4-5-12(14(17)8-11)13(16)7-10-3-2-6-15-9-10;1-12-6-3-4-7(8(10)5-6)9(11)13-2/h2-6,8-9,17H,7H2,1H3;3-5,10H,1-2H3. The lowest BCUT2D eigenvalue weighted by atomic mass is 10.0. The summed E-state index contributed by atoms with van der Waals surface area (Å²) in [5.41, 5.74) is 1.24. The zero-order chi connectivity index (χ0) is 22.8. The van der Waals surface area contributed by atoms with Gasteiger partial charge in [0.25, 0.3) is 0 Å². The van der Waals surface area contributed by atoms with Crippen molar-refractivity contribution in [2.45, 2.75) is 6.42 Å². The highest BCUT2D eigenvalue weighted by molar-refractivity contribution is 6.00. The molecule has 0 aliphatic rings. The molecule has 0 bridgehead atoms. The number of methoxy groups -OCH3 is 3. The van der Waals surface area contributed by atoms with Crippen molar-refractivity contribution >= 4 is 11.8 Å². The highest BCUT2D eigenvalue weighted by Gasteiger charge is 2.13. The van der Waals surface area contributed by atoms with Gasteiger partial charge in [0.2, 0.25) is 0 Å². The van der Waals surface area contributed by atoms with Gasteiger partial charge < -0.3 is 24.4 Å². The fourth-order valence-electron chi connectivity index (χ4n) is 2.58. The number of pyridine rings is 1. The minimum Gasteiger partial charge on any atom is -0.507 e. The Morgan fingerprint density at radius 2 is 1.45 bits per heavy atom. The zero-order valence-corrected chi connectivity index (χ0v) is 17.4. The Balaban J connectivity index is 0.000000233. The number of hydrogen-bond donors (Lipinski definition) is 2. The molecule has 0 spiro atoms. The third-order valence-electron chi connectivity index (χ3n) is 4.20. The lowest BCUT2D eigenvalue weighted by Crippen LogP contribution is -2.04. The van der Waals surface area contributed by atoms with E-state index < -0.39 is 5.97 Å². The summed E-state index contributed by atoms with van der Waals surface area (Å²) in [5.74, 6) is 0.0772. The molecule has 8 nitrogen and oxygen atoms in total. The Hall–Kier alpha value is -4.07. The number of ketones is 1. The van der Waals surface area contributed by atoms with E-state index in [0.717, 1.165) is 5.56 Å². The number of rotatable bonds is 6. The van der Waals surface area contributed by atoms with Gasteiger partial charge in [-0.3, -0.25) is 9.78 Å². The molecule has 0 unspecified atom stereocenters. The molecule has 0 aliphatic carbocycles. The second-order valence-electron chi connectivity index (χ2n) is 6.22. The SMILES string of the molecule is COC(=O)c1ccc(OC)cc1O.COc1ccc(C(=O)Cc2cccnc2)c(O)c1. The van der Waals surface area contributed by atoms with Gasteiger partial charge in [-0.15, -0.1) is 0 Å². The molecule has 3 rings (SSSR count). The van der Waals surface area contributed by atoms with Crippen LogP contribution >= 0.6 is 0 Å². The lowest BCUT2D eigenvalue weighted by molar-refractivity contribution is 0.0597. The van der Waals surface area contributed by atoms with E-state index in [9.17, 15) is 19.8 Å². The molecule has 1 heterocycles. The topological polar surface area (TPSA) is 115 Å². The number of carbonyl (C=O) groups excluding carboxylic acids is 2. The van der Waals surface area contributed by atoms with Crippen LogP contribution in [0.1, 0.15) is 26.3 Å². The minimum atomic E-state index is -0.569. The molecule has 0 saturated carbocycles. The number of benzene rings is 2. The van der Waals surface area contributed by atoms with Crippen molar-refractivity contribution in [3.8, 4) is 23.0 Å². The largest absolute Gasteiger partial charge is 0.507 e. The van der Waals surface area contributed by atoms with Crippen LogP contribution in [0.4, 0.5) is 0 Å². The first-order valence-electron chi connectivity index (χ1n) is 9.14. The number of Topliss-reactive ketones (excluding diaryl/α,β-unsaturated/α-hetero) is 1. The predicted octanol–water partition coefficient (Wildman–Crippen LogP) is 3.41. The van der Waals surface area contributed by atoms with Crippen LogP contribution in [0.5, 0.6) is 23.0 Å².